The Kier molecular flexibility index (Phi) is 3.34. The van der Waals surface area contributed by atoms with Gasteiger partial charge < -0.3 is 11.1 Å². The second kappa shape index (κ2) is 4.07. The largest absolute Gasteiger partial charge is 0.330 e. The summed E-state index contributed by atoms with van der Waals surface area (Å²) in [5, 5.41) is 3.57. The number of unbranched alkanes of at least 4 members (excludes halogenated alkanes) is 1. The van der Waals surface area contributed by atoms with E-state index in [-0.39, 0.29) is 0 Å². The van der Waals surface area contributed by atoms with Gasteiger partial charge in [-0.25, -0.2) is 0 Å². The Morgan fingerprint density at radius 1 is 1.36 bits per heavy atom. The predicted octanol–water partition coefficient (Wildman–Crippen LogP) is 1.26. The van der Waals surface area contributed by atoms with E-state index < -0.39 is 0 Å². The highest BCUT2D eigenvalue weighted by Crippen LogP contribution is 2.30. The van der Waals surface area contributed by atoms with Crippen molar-refractivity contribution in [2.75, 3.05) is 13.1 Å². The average molecular weight is 156 g/mol. The summed E-state index contributed by atoms with van der Waals surface area (Å²) in [6.45, 7) is 4.30. The lowest BCUT2D eigenvalue weighted by Gasteiger charge is -2.39. The van der Waals surface area contributed by atoms with Crippen molar-refractivity contribution in [3.63, 3.8) is 0 Å². The zero-order valence-corrected chi connectivity index (χ0v) is 7.53. The Morgan fingerprint density at radius 3 is 2.55 bits per heavy atom. The number of nitrogens with two attached hydrogens (primary N) is 1. The molecule has 0 aliphatic heterocycles. The van der Waals surface area contributed by atoms with Crippen LogP contribution in [0.2, 0.25) is 0 Å². The third-order valence-electron chi connectivity index (χ3n) is 2.64. The van der Waals surface area contributed by atoms with Crippen molar-refractivity contribution in [3.8, 4) is 0 Å². The van der Waals surface area contributed by atoms with Gasteiger partial charge >= 0.3 is 0 Å². The summed E-state index contributed by atoms with van der Waals surface area (Å²) < 4.78 is 0. The molecule has 0 spiro atoms. The summed E-state index contributed by atoms with van der Waals surface area (Å²) >= 11 is 0. The molecule has 0 bridgehead atoms. The van der Waals surface area contributed by atoms with Crippen LogP contribution in [-0.2, 0) is 0 Å². The highest BCUT2D eigenvalue weighted by atomic mass is 15.0. The summed E-state index contributed by atoms with van der Waals surface area (Å²) in [6, 6.07) is 0. The fraction of sp³-hybridized carbons (Fsp3) is 1.00. The van der Waals surface area contributed by atoms with Gasteiger partial charge in [-0.05, 0) is 52.1 Å². The predicted molar refractivity (Wildman–Crippen MR) is 48.5 cm³/mol. The van der Waals surface area contributed by atoms with Crippen molar-refractivity contribution < 1.29 is 0 Å². The SMILES string of the molecule is CC1(NCCCCN)CCC1. The molecule has 0 heterocycles. The van der Waals surface area contributed by atoms with E-state index in [4.69, 9.17) is 5.73 Å². The second-order valence-corrected chi connectivity index (χ2v) is 3.84. The molecule has 1 saturated carbocycles. The van der Waals surface area contributed by atoms with E-state index >= 15 is 0 Å². The van der Waals surface area contributed by atoms with Gasteiger partial charge in [0.05, 0.1) is 0 Å². The van der Waals surface area contributed by atoms with Crippen LogP contribution in [0, 0.1) is 0 Å². The number of nitrogens with one attached hydrogen (secondary N) is 1. The molecule has 0 atom stereocenters. The molecule has 1 rings (SSSR count). The quantitative estimate of drug-likeness (QED) is 0.588. The maximum atomic E-state index is 5.40. The number of hydrogen-bond donors (Lipinski definition) is 2. The molecule has 1 fully saturated rings. The van der Waals surface area contributed by atoms with Gasteiger partial charge in [0.2, 0.25) is 0 Å². The van der Waals surface area contributed by atoms with E-state index in [9.17, 15) is 0 Å². The molecule has 0 amide bonds. The van der Waals surface area contributed by atoms with Gasteiger partial charge in [-0.3, -0.25) is 0 Å². The minimum atomic E-state index is 0.481. The van der Waals surface area contributed by atoms with Crippen LogP contribution >= 0.6 is 0 Å². The van der Waals surface area contributed by atoms with E-state index in [1.165, 1.54) is 25.7 Å². The normalized spacial score (nSPS) is 21.3. The van der Waals surface area contributed by atoms with Crippen LogP contribution in [0.3, 0.4) is 0 Å². The molecule has 3 N–H and O–H groups in total. The van der Waals surface area contributed by atoms with Crippen molar-refractivity contribution in [3.05, 3.63) is 0 Å². The van der Waals surface area contributed by atoms with Crippen LogP contribution in [0.25, 0.3) is 0 Å². The monoisotopic (exact) mass is 156 g/mol. The van der Waals surface area contributed by atoms with Crippen molar-refractivity contribution in [2.45, 2.75) is 44.6 Å². The topological polar surface area (TPSA) is 38.0 Å². The van der Waals surface area contributed by atoms with Gasteiger partial charge in [-0.2, -0.15) is 0 Å². The van der Waals surface area contributed by atoms with Crippen molar-refractivity contribution in [2.24, 2.45) is 5.73 Å². The summed E-state index contributed by atoms with van der Waals surface area (Å²) in [7, 11) is 0. The summed E-state index contributed by atoms with van der Waals surface area (Å²) in [5.74, 6) is 0. The number of rotatable bonds is 5. The maximum absolute atomic E-state index is 5.40. The molecule has 0 radical (unpaired) electrons. The molecule has 0 aromatic heterocycles. The minimum absolute atomic E-state index is 0.481. The van der Waals surface area contributed by atoms with Gasteiger partial charge in [-0.15, -0.1) is 0 Å². The molecule has 66 valence electrons. The van der Waals surface area contributed by atoms with E-state index in [1.54, 1.807) is 0 Å². The second-order valence-electron chi connectivity index (χ2n) is 3.84. The van der Waals surface area contributed by atoms with Gasteiger partial charge in [0.1, 0.15) is 0 Å². The lowest BCUT2D eigenvalue weighted by Crippen LogP contribution is -2.48. The number of hydrogen-bond acceptors (Lipinski definition) is 2. The molecular weight excluding hydrogens is 136 g/mol. The van der Waals surface area contributed by atoms with Crippen LogP contribution in [0.1, 0.15) is 39.0 Å². The summed E-state index contributed by atoms with van der Waals surface area (Å²) in [6.07, 6.45) is 6.50. The Balaban J connectivity index is 1.94. The molecule has 2 heteroatoms. The van der Waals surface area contributed by atoms with Crippen LogP contribution in [0.15, 0.2) is 0 Å². The standard InChI is InChI=1S/C9H20N2/c1-9(5-4-6-9)11-8-3-2-7-10/h11H,2-8,10H2,1H3. The van der Waals surface area contributed by atoms with Crippen LogP contribution in [0.4, 0.5) is 0 Å². The lowest BCUT2D eigenvalue weighted by molar-refractivity contribution is 0.208. The van der Waals surface area contributed by atoms with E-state index in [0.29, 0.717) is 5.54 Å². The van der Waals surface area contributed by atoms with Crippen molar-refractivity contribution in [1.82, 2.24) is 5.32 Å². The molecule has 11 heavy (non-hydrogen) atoms. The Bertz CT molecular complexity index is 108. The van der Waals surface area contributed by atoms with Gasteiger partial charge in [-0.1, -0.05) is 0 Å². The lowest BCUT2D eigenvalue weighted by atomic mass is 9.78. The van der Waals surface area contributed by atoms with Crippen molar-refractivity contribution >= 4 is 0 Å². The molecule has 0 aromatic carbocycles. The first-order valence-electron chi connectivity index (χ1n) is 4.72. The Hall–Kier alpha value is -0.0800. The highest BCUT2D eigenvalue weighted by molar-refractivity contribution is 4.91. The van der Waals surface area contributed by atoms with Gasteiger partial charge in [0.25, 0.3) is 0 Å². The highest BCUT2D eigenvalue weighted by Gasteiger charge is 2.30. The van der Waals surface area contributed by atoms with Crippen LogP contribution in [0.5, 0.6) is 0 Å². The van der Waals surface area contributed by atoms with E-state index in [0.717, 1.165) is 19.5 Å². The third-order valence-corrected chi connectivity index (χ3v) is 2.64. The molecule has 0 saturated heterocycles. The van der Waals surface area contributed by atoms with Crippen LogP contribution < -0.4 is 11.1 Å². The molecular formula is C9H20N2. The summed E-state index contributed by atoms with van der Waals surface area (Å²) in [4.78, 5) is 0. The fourth-order valence-electron chi connectivity index (χ4n) is 1.54. The zero-order chi connectivity index (χ0) is 8.16. The van der Waals surface area contributed by atoms with Crippen LogP contribution in [-0.4, -0.2) is 18.6 Å². The Labute approximate surface area is 69.5 Å². The van der Waals surface area contributed by atoms with E-state index in [1.807, 2.05) is 0 Å². The van der Waals surface area contributed by atoms with Crippen molar-refractivity contribution in [1.29, 1.82) is 0 Å². The molecule has 1 aliphatic carbocycles. The fourth-order valence-corrected chi connectivity index (χ4v) is 1.54. The Morgan fingerprint density at radius 2 is 2.09 bits per heavy atom. The third kappa shape index (κ3) is 2.80. The zero-order valence-electron chi connectivity index (χ0n) is 7.53. The first kappa shape index (κ1) is 9.01. The molecule has 2 nitrogen and oxygen atoms in total. The van der Waals surface area contributed by atoms with Gasteiger partial charge in [0, 0.05) is 5.54 Å². The summed E-state index contributed by atoms with van der Waals surface area (Å²) in [5.41, 5.74) is 5.88. The average Bonchev–Trinajstić information content (AvgIpc) is 1.95. The minimum Gasteiger partial charge on any atom is -0.330 e. The van der Waals surface area contributed by atoms with E-state index in [2.05, 4.69) is 12.2 Å². The first-order valence-corrected chi connectivity index (χ1v) is 4.72. The smallest absolute Gasteiger partial charge is 0.0153 e. The molecule has 0 unspecified atom stereocenters. The molecule has 1 aliphatic rings. The molecule has 0 aromatic rings. The van der Waals surface area contributed by atoms with Gasteiger partial charge in [0.15, 0.2) is 0 Å². The maximum Gasteiger partial charge on any atom is 0.0153 e. The first-order chi connectivity index (χ1) is 5.27.